The van der Waals surface area contributed by atoms with Gasteiger partial charge in [-0.05, 0) is 67.8 Å². The van der Waals surface area contributed by atoms with Crippen LogP contribution in [-0.2, 0) is 5.54 Å². The molecule has 1 aromatic heterocycles. The summed E-state index contributed by atoms with van der Waals surface area (Å²) in [7, 11) is 1.58. The summed E-state index contributed by atoms with van der Waals surface area (Å²) in [5.41, 5.74) is 4.18. The van der Waals surface area contributed by atoms with E-state index in [9.17, 15) is 17.6 Å². The molecule has 0 saturated heterocycles. The molecule has 1 unspecified atom stereocenters. The van der Waals surface area contributed by atoms with Gasteiger partial charge >= 0.3 is 6.18 Å². The second kappa shape index (κ2) is 12.2. The van der Waals surface area contributed by atoms with Crippen LogP contribution in [0.25, 0.3) is 11.3 Å². The fourth-order valence-electron chi connectivity index (χ4n) is 4.99. The summed E-state index contributed by atoms with van der Waals surface area (Å²) in [6.07, 6.45) is -1.20. The minimum Gasteiger partial charge on any atom is -0.493 e. The molecule has 1 aliphatic heterocycles. The average Bonchev–Trinajstić information content (AvgIpc) is 3.74. The Kier molecular flexibility index (Phi) is 8.56. The number of halogens is 4. The number of nitrogens with two attached hydrogens (primary N) is 1. The van der Waals surface area contributed by atoms with E-state index in [0.29, 0.717) is 29.3 Å². The first kappa shape index (κ1) is 30.9. The van der Waals surface area contributed by atoms with E-state index in [-0.39, 0.29) is 35.1 Å². The molecule has 2 heterocycles. The minimum absolute atomic E-state index is 0.113. The van der Waals surface area contributed by atoms with Crippen LogP contribution < -0.4 is 30.6 Å². The molecule has 9 nitrogen and oxygen atoms in total. The molecule has 1 saturated carbocycles. The molecule has 1 aliphatic carbocycles. The fourth-order valence-corrected chi connectivity index (χ4v) is 4.99. The van der Waals surface area contributed by atoms with E-state index in [1.54, 1.807) is 7.11 Å². The highest BCUT2D eigenvalue weighted by atomic mass is 19.4. The largest absolute Gasteiger partial charge is 0.493 e. The Morgan fingerprint density at radius 1 is 1.18 bits per heavy atom. The van der Waals surface area contributed by atoms with Crippen molar-refractivity contribution >= 4 is 5.96 Å². The van der Waals surface area contributed by atoms with Crippen LogP contribution in [0.2, 0.25) is 0 Å². The number of nitrogens with one attached hydrogen (secondary N) is 2. The molecule has 4 N–H and O–H groups in total. The van der Waals surface area contributed by atoms with Crippen LogP contribution in [0.3, 0.4) is 0 Å². The highest BCUT2D eigenvalue weighted by Crippen LogP contribution is 2.53. The van der Waals surface area contributed by atoms with Crippen LogP contribution in [0.1, 0.15) is 55.5 Å². The number of rotatable bonds is 10. The van der Waals surface area contributed by atoms with Gasteiger partial charge in [-0.1, -0.05) is 13.0 Å². The smallest absolute Gasteiger partial charge is 0.421 e. The number of aromatic nitrogens is 1. The zero-order valence-corrected chi connectivity index (χ0v) is 24.3. The Morgan fingerprint density at radius 3 is 2.55 bits per heavy atom. The van der Waals surface area contributed by atoms with Crippen LogP contribution in [0, 0.1) is 17.3 Å². The molecule has 1 fully saturated rings. The van der Waals surface area contributed by atoms with Gasteiger partial charge in [-0.25, -0.2) is 14.4 Å². The molecule has 3 atom stereocenters. The topological polar surface area (TPSA) is 127 Å². The Morgan fingerprint density at radius 2 is 1.91 bits per heavy atom. The molecule has 3 aromatic rings. The summed E-state index contributed by atoms with van der Waals surface area (Å²) in [4.78, 5) is 8.39. The van der Waals surface area contributed by atoms with E-state index < -0.39 is 30.1 Å². The number of hydrogen-bond donors (Lipinski definition) is 3. The van der Waals surface area contributed by atoms with Crippen LogP contribution in [-0.4, -0.2) is 43.5 Å². The van der Waals surface area contributed by atoms with Crippen molar-refractivity contribution in [3.8, 4) is 34.7 Å². The van der Waals surface area contributed by atoms with Gasteiger partial charge in [0.15, 0.2) is 23.4 Å². The zero-order chi connectivity index (χ0) is 31.6. The highest BCUT2D eigenvalue weighted by molar-refractivity contribution is 5.81. The van der Waals surface area contributed by atoms with E-state index in [0.717, 1.165) is 18.4 Å². The fraction of sp³-hybridized carbons (Fsp3) is 0.387. The third-order valence-electron chi connectivity index (χ3n) is 7.69. The molecule has 232 valence electrons. The average molecular weight is 613 g/mol. The van der Waals surface area contributed by atoms with Crippen molar-refractivity contribution in [3.63, 3.8) is 0 Å². The third-order valence-corrected chi connectivity index (χ3v) is 7.69. The summed E-state index contributed by atoms with van der Waals surface area (Å²) in [5.74, 6) is -0.447. The van der Waals surface area contributed by atoms with Crippen molar-refractivity contribution in [2.75, 3.05) is 20.3 Å². The molecule has 13 heteroatoms. The van der Waals surface area contributed by atoms with E-state index in [1.165, 1.54) is 36.5 Å². The van der Waals surface area contributed by atoms with Crippen molar-refractivity contribution in [2.45, 2.75) is 56.5 Å². The number of nitrogens with zero attached hydrogens (tertiary/aromatic N) is 3. The van der Waals surface area contributed by atoms with Crippen molar-refractivity contribution in [1.29, 1.82) is 5.26 Å². The maximum atomic E-state index is 14.8. The number of methoxy groups -OCH3 is 1. The molecule has 44 heavy (non-hydrogen) atoms. The lowest BCUT2D eigenvalue weighted by atomic mass is 9.89. The van der Waals surface area contributed by atoms with Gasteiger partial charge in [-0.15, -0.1) is 0 Å². The summed E-state index contributed by atoms with van der Waals surface area (Å²) in [6, 6.07) is 12.1. The molecule has 2 aromatic carbocycles. The lowest BCUT2D eigenvalue weighted by Crippen LogP contribution is -2.45. The maximum absolute atomic E-state index is 14.8. The summed E-state index contributed by atoms with van der Waals surface area (Å²) < 4.78 is 75.1. The van der Waals surface area contributed by atoms with Crippen molar-refractivity contribution in [1.82, 2.24) is 15.6 Å². The van der Waals surface area contributed by atoms with Gasteiger partial charge in [0.1, 0.15) is 18.1 Å². The Balaban J connectivity index is 1.48. The first-order valence-electron chi connectivity index (χ1n) is 14.0. The Labute approximate surface area is 252 Å². The molecule has 2 aliphatic rings. The molecular weight excluding hydrogens is 580 g/mol. The number of hydrogen-bond acceptors (Lipinski definition) is 7. The number of benzene rings is 2. The molecule has 5 rings (SSSR count). The number of alkyl halides is 3. The molecule has 0 radical (unpaired) electrons. The Bertz CT molecular complexity index is 1590. The Hall–Kier alpha value is -4.57. The number of pyridine rings is 1. The van der Waals surface area contributed by atoms with Crippen molar-refractivity contribution in [2.24, 2.45) is 10.7 Å². The van der Waals surface area contributed by atoms with Crippen LogP contribution in [0.5, 0.6) is 17.2 Å². The SMILES string of the molecule is COc1cc(C(C)NC[C@@H](C)c2cc3c(c(-c4ccc(F)cc4)n2)OC[C@@]3(N=C(N)NC#N)C(F)(F)F)ccc1OC1CC1. The molecule has 0 bridgehead atoms. The van der Waals surface area contributed by atoms with Gasteiger partial charge < -0.3 is 25.3 Å². The van der Waals surface area contributed by atoms with Crippen molar-refractivity contribution in [3.05, 3.63) is 71.2 Å². The summed E-state index contributed by atoms with van der Waals surface area (Å²) >= 11 is 0. The van der Waals surface area contributed by atoms with Crippen LogP contribution in [0.4, 0.5) is 17.6 Å². The van der Waals surface area contributed by atoms with Crippen molar-refractivity contribution < 1.29 is 31.8 Å². The quantitative estimate of drug-likeness (QED) is 0.0910. The van der Waals surface area contributed by atoms with E-state index in [4.69, 9.17) is 30.2 Å². The number of fused-ring (bicyclic) bond motifs is 1. The van der Waals surface area contributed by atoms with Crippen LogP contribution >= 0.6 is 0 Å². The molecule has 0 spiro atoms. The summed E-state index contributed by atoms with van der Waals surface area (Å²) in [5, 5.41) is 14.3. The van der Waals surface area contributed by atoms with Gasteiger partial charge in [-0.2, -0.15) is 18.4 Å². The number of nitriles is 1. The van der Waals surface area contributed by atoms with Gasteiger partial charge in [0, 0.05) is 35.3 Å². The lowest BCUT2D eigenvalue weighted by Gasteiger charge is -2.27. The van der Waals surface area contributed by atoms with Gasteiger partial charge in [0.05, 0.1) is 13.2 Å². The highest BCUT2D eigenvalue weighted by Gasteiger charge is 2.62. The molecule has 0 amide bonds. The second-order valence-electron chi connectivity index (χ2n) is 10.9. The monoisotopic (exact) mass is 612 g/mol. The maximum Gasteiger partial charge on any atom is 0.421 e. The van der Waals surface area contributed by atoms with Gasteiger partial charge in [0.25, 0.3) is 0 Å². The summed E-state index contributed by atoms with van der Waals surface area (Å²) in [6.45, 7) is 3.23. The first-order valence-corrected chi connectivity index (χ1v) is 14.0. The van der Waals surface area contributed by atoms with Gasteiger partial charge in [0.2, 0.25) is 11.5 Å². The van der Waals surface area contributed by atoms with Gasteiger partial charge in [-0.3, -0.25) is 5.32 Å². The lowest BCUT2D eigenvalue weighted by molar-refractivity contribution is -0.190. The number of aliphatic imine (C=N–C) groups is 1. The first-order chi connectivity index (χ1) is 21.0. The molecular formula is C31H32F4N6O3. The van der Waals surface area contributed by atoms with Crippen LogP contribution in [0.15, 0.2) is 53.5 Å². The normalized spacial score (nSPS) is 19.4. The predicted octanol–water partition coefficient (Wildman–Crippen LogP) is 5.43. The van der Waals surface area contributed by atoms with E-state index >= 15 is 0 Å². The number of guanidine groups is 1. The van der Waals surface area contributed by atoms with E-state index in [2.05, 4.69) is 10.3 Å². The minimum atomic E-state index is -4.94. The zero-order valence-electron chi connectivity index (χ0n) is 24.3. The second-order valence-corrected chi connectivity index (χ2v) is 10.9. The predicted molar refractivity (Wildman–Crippen MR) is 155 cm³/mol. The standard InChI is InChI=1S/C31H32F4N6O3/c1-17(14-38-18(2)20-6-11-25(26(12-20)42-3)44-22-9-10-22)24-13-23-28(27(40-24)19-4-7-21(32)8-5-19)43-15-30(23,31(33,34)35)41-29(37)39-16-36/h4-8,11-13,17-18,22,38H,9-10,14-15H2,1-3H3,(H3,37,39,41)/t17-,18?,30+/m1/s1. The van der Waals surface area contributed by atoms with E-state index in [1.807, 2.05) is 37.4 Å². The third kappa shape index (κ3) is 6.21. The number of ether oxygens (including phenoxy) is 3.